The molecule has 0 spiro atoms. The van der Waals surface area contributed by atoms with Gasteiger partial charge in [0.05, 0.1) is 16.8 Å². The van der Waals surface area contributed by atoms with Crippen LogP contribution >= 0.6 is 0 Å². The highest BCUT2D eigenvalue weighted by atomic mass is 16.5. The van der Waals surface area contributed by atoms with Crippen molar-refractivity contribution >= 4 is 22.5 Å². The quantitative estimate of drug-likeness (QED) is 0.721. The number of carbonyl (C=O) groups is 1. The monoisotopic (exact) mass is 279 g/mol. The molecule has 0 saturated heterocycles. The van der Waals surface area contributed by atoms with Gasteiger partial charge in [-0.05, 0) is 30.3 Å². The highest BCUT2D eigenvalue weighted by Gasteiger charge is 2.11. The Morgan fingerprint density at radius 1 is 1.10 bits per heavy atom. The predicted octanol–water partition coefficient (Wildman–Crippen LogP) is 2.71. The number of amides is 1. The largest absolute Gasteiger partial charge is 0.455 e. The van der Waals surface area contributed by atoms with Gasteiger partial charge in [-0.3, -0.25) is 9.78 Å². The standard InChI is InChI=1S/C16H13N3O2/c17-15-12(16(18)20)4-1-5-14(15)21-11-7-6-10-3-2-8-19-13(10)9-11/h1-9H,17H2,(H2,18,20). The van der Waals surface area contributed by atoms with Crippen molar-refractivity contribution in [1.82, 2.24) is 4.98 Å². The molecule has 0 unspecified atom stereocenters. The number of pyridine rings is 1. The molecule has 1 aromatic heterocycles. The van der Waals surface area contributed by atoms with E-state index in [-0.39, 0.29) is 11.3 Å². The maximum atomic E-state index is 11.3. The van der Waals surface area contributed by atoms with E-state index in [9.17, 15) is 4.79 Å². The molecule has 3 aromatic rings. The van der Waals surface area contributed by atoms with Gasteiger partial charge in [-0.1, -0.05) is 12.1 Å². The molecule has 2 aromatic carbocycles. The zero-order chi connectivity index (χ0) is 14.8. The van der Waals surface area contributed by atoms with Crippen molar-refractivity contribution in [3.8, 4) is 11.5 Å². The minimum Gasteiger partial charge on any atom is -0.455 e. The van der Waals surface area contributed by atoms with Crippen molar-refractivity contribution in [3.05, 3.63) is 60.3 Å². The van der Waals surface area contributed by atoms with E-state index in [2.05, 4.69) is 4.98 Å². The van der Waals surface area contributed by atoms with Crippen LogP contribution in [0, 0.1) is 0 Å². The second kappa shape index (κ2) is 5.13. The van der Waals surface area contributed by atoms with Gasteiger partial charge in [0, 0.05) is 17.6 Å². The van der Waals surface area contributed by atoms with Crippen LogP contribution in [0.4, 0.5) is 5.69 Å². The molecule has 21 heavy (non-hydrogen) atoms. The average molecular weight is 279 g/mol. The van der Waals surface area contributed by atoms with E-state index >= 15 is 0 Å². The van der Waals surface area contributed by atoms with Crippen molar-refractivity contribution in [2.45, 2.75) is 0 Å². The van der Waals surface area contributed by atoms with E-state index in [1.165, 1.54) is 0 Å². The Kier molecular flexibility index (Phi) is 3.16. The van der Waals surface area contributed by atoms with Gasteiger partial charge in [0.2, 0.25) is 0 Å². The number of hydrogen-bond acceptors (Lipinski definition) is 4. The molecule has 0 atom stereocenters. The number of aromatic nitrogens is 1. The second-order valence-electron chi connectivity index (χ2n) is 4.54. The van der Waals surface area contributed by atoms with Crippen LogP contribution in [0.1, 0.15) is 10.4 Å². The first-order valence-corrected chi connectivity index (χ1v) is 6.36. The van der Waals surface area contributed by atoms with E-state index in [0.29, 0.717) is 11.5 Å². The number of nitrogen functional groups attached to an aromatic ring is 1. The number of nitrogens with two attached hydrogens (primary N) is 2. The van der Waals surface area contributed by atoms with E-state index in [4.69, 9.17) is 16.2 Å². The summed E-state index contributed by atoms with van der Waals surface area (Å²) in [6, 6.07) is 14.3. The summed E-state index contributed by atoms with van der Waals surface area (Å²) in [6.07, 6.45) is 1.72. The number of hydrogen-bond donors (Lipinski definition) is 2. The van der Waals surface area contributed by atoms with E-state index in [1.54, 1.807) is 24.4 Å². The average Bonchev–Trinajstić information content (AvgIpc) is 2.49. The molecular formula is C16H13N3O2. The first-order valence-electron chi connectivity index (χ1n) is 6.36. The van der Waals surface area contributed by atoms with Crippen LogP contribution in [-0.2, 0) is 0 Å². The summed E-state index contributed by atoms with van der Waals surface area (Å²) in [6.45, 7) is 0. The van der Waals surface area contributed by atoms with Crippen LogP contribution in [0.15, 0.2) is 54.7 Å². The molecular weight excluding hydrogens is 266 g/mol. The summed E-state index contributed by atoms with van der Waals surface area (Å²) in [5.74, 6) is 0.397. The summed E-state index contributed by atoms with van der Waals surface area (Å²) in [5.41, 5.74) is 12.5. The molecule has 1 heterocycles. The topological polar surface area (TPSA) is 91.2 Å². The van der Waals surface area contributed by atoms with Gasteiger partial charge in [0.15, 0.2) is 5.75 Å². The number of ether oxygens (including phenoxy) is 1. The maximum Gasteiger partial charge on any atom is 0.250 e. The number of rotatable bonds is 3. The lowest BCUT2D eigenvalue weighted by Crippen LogP contribution is -2.13. The number of fused-ring (bicyclic) bond motifs is 1. The molecule has 0 saturated carbocycles. The number of para-hydroxylation sites is 1. The van der Waals surface area contributed by atoms with E-state index in [1.807, 2.05) is 30.3 Å². The van der Waals surface area contributed by atoms with Gasteiger partial charge in [0.25, 0.3) is 5.91 Å². The lowest BCUT2D eigenvalue weighted by atomic mass is 10.1. The SMILES string of the molecule is NC(=O)c1cccc(Oc2ccc3cccnc3c2)c1N. The van der Waals surface area contributed by atoms with E-state index < -0.39 is 5.91 Å². The third-order valence-corrected chi connectivity index (χ3v) is 3.14. The Bertz CT molecular complexity index is 831. The van der Waals surface area contributed by atoms with Crippen LogP contribution in [-0.4, -0.2) is 10.9 Å². The molecule has 1 amide bonds. The zero-order valence-electron chi connectivity index (χ0n) is 11.1. The van der Waals surface area contributed by atoms with Gasteiger partial charge in [-0.15, -0.1) is 0 Å². The molecule has 0 aliphatic heterocycles. The molecule has 0 fully saturated rings. The number of primary amides is 1. The second-order valence-corrected chi connectivity index (χ2v) is 4.54. The van der Waals surface area contributed by atoms with Gasteiger partial charge in [0.1, 0.15) is 5.75 Å². The van der Waals surface area contributed by atoms with Gasteiger partial charge >= 0.3 is 0 Å². The molecule has 0 aliphatic rings. The summed E-state index contributed by atoms with van der Waals surface area (Å²) in [4.78, 5) is 15.5. The summed E-state index contributed by atoms with van der Waals surface area (Å²) >= 11 is 0. The van der Waals surface area contributed by atoms with Crippen molar-refractivity contribution in [1.29, 1.82) is 0 Å². The summed E-state index contributed by atoms with van der Waals surface area (Å²) in [5, 5.41) is 1.02. The minimum absolute atomic E-state index is 0.228. The normalized spacial score (nSPS) is 10.5. The van der Waals surface area contributed by atoms with E-state index in [0.717, 1.165) is 10.9 Å². The van der Waals surface area contributed by atoms with Crippen LogP contribution in [0.2, 0.25) is 0 Å². The van der Waals surface area contributed by atoms with Crippen LogP contribution in [0.5, 0.6) is 11.5 Å². The van der Waals surface area contributed by atoms with Crippen molar-refractivity contribution in [3.63, 3.8) is 0 Å². The smallest absolute Gasteiger partial charge is 0.250 e. The third-order valence-electron chi connectivity index (χ3n) is 3.14. The fourth-order valence-electron chi connectivity index (χ4n) is 2.08. The molecule has 0 bridgehead atoms. The lowest BCUT2D eigenvalue weighted by Gasteiger charge is -2.11. The Hall–Kier alpha value is -3.08. The fraction of sp³-hybridized carbons (Fsp3) is 0. The Balaban J connectivity index is 1.98. The van der Waals surface area contributed by atoms with Gasteiger partial charge < -0.3 is 16.2 Å². The van der Waals surface area contributed by atoms with Crippen LogP contribution in [0.25, 0.3) is 10.9 Å². The lowest BCUT2D eigenvalue weighted by molar-refractivity contribution is 0.100. The number of carbonyl (C=O) groups excluding carboxylic acids is 1. The fourth-order valence-corrected chi connectivity index (χ4v) is 2.08. The summed E-state index contributed by atoms with van der Waals surface area (Å²) < 4.78 is 5.74. The van der Waals surface area contributed by atoms with Crippen molar-refractivity contribution < 1.29 is 9.53 Å². The maximum absolute atomic E-state index is 11.3. The highest BCUT2D eigenvalue weighted by molar-refractivity contribution is 5.99. The molecule has 4 N–H and O–H groups in total. The van der Waals surface area contributed by atoms with Gasteiger partial charge in [-0.25, -0.2) is 0 Å². The molecule has 5 nitrogen and oxygen atoms in total. The van der Waals surface area contributed by atoms with Gasteiger partial charge in [-0.2, -0.15) is 0 Å². The molecule has 5 heteroatoms. The first kappa shape index (κ1) is 12.9. The minimum atomic E-state index is -0.585. The zero-order valence-corrected chi connectivity index (χ0v) is 11.1. The first-order chi connectivity index (χ1) is 10.1. The van der Waals surface area contributed by atoms with Crippen LogP contribution < -0.4 is 16.2 Å². The number of benzene rings is 2. The molecule has 104 valence electrons. The number of nitrogens with zero attached hydrogens (tertiary/aromatic N) is 1. The summed E-state index contributed by atoms with van der Waals surface area (Å²) in [7, 11) is 0. The van der Waals surface area contributed by atoms with Crippen molar-refractivity contribution in [2.24, 2.45) is 5.73 Å². The van der Waals surface area contributed by atoms with Crippen molar-refractivity contribution in [2.75, 3.05) is 5.73 Å². The predicted molar refractivity (Wildman–Crippen MR) is 81.2 cm³/mol. The Labute approximate surface area is 121 Å². The molecule has 0 radical (unpaired) electrons. The Morgan fingerprint density at radius 3 is 2.76 bits per heavy atom. The van der Waals surface area contributed by atoms with Crippen LogP contribution in [0.3, 0.4) is 0 Å². The Morgan fingerprint density at radius 2 is 1.95 bits per heavy atom. The third kappa shape index (κ3) is 2.49. The molecule has 0 aliphatic carbocycles. The number of anilines is 1. The molecule has 3 rings (SSSR count). The highest BCUT2D eigenvalue weighted by Crippen LogP contribution is 2.31.